The van der Waals surface area contributed by atoms with Crippen molar-refractivity contribution in [3.8, 4) is 5.75 Å². The standard InChI is InChI=1S/C23H18N2O4/c1-29-18-12-6-5-11-17(18)25-20(16-10-7-13-24-14-16)19(22(27)23(25)28)21(26)15-8-3-2-4-9-15/h2-14,20,26H,1H3/b21-19+. The number of ether oxygens (including phenoxy) is 1. The molecule has 0 radical (unpaired) electrons. The fraction of sp³-hybridized carbons (Fsp3) is 0.0870. The molecule has 1 aromatic heterocycles. The average Bonchev–Trinajstić information content (AvgIpc) is 3.05. The van der Waals surface area contributed by atoms with Crippen LogP contribution in [0.2, 0.25) is 0 Å². The molecule has 0 bridgehead atoms. The van der Waals surface area contributed by atoms with Gasteiger partial charge in [-0.3, -0.25) is 19.5 Å². The molecule has 1 fully saturated rings. The average molecular weight is 386 g/mol. The van der Waals surface area contributed by atoms with E-state index in [-0.39, 0.29) is 11.3 Å². The molecule has 0 aliphatic carbocycles. The predicted molar refractivity (Wildman–Crippen MR) is 108 cm³/mol. The van der Waals surface area contributed by atoms with Crippen LogP contribution in [0, 0.1) is 0 Å². The minimum Gasteiger partial charge on any atom is -0.507 e. The lowest BCUT2D eigenvalue weighted by Gasteiger charge is -2.26. The van der Waals surface area contributed by atoms with E-state index in [2.05, 4.69) is 4.98 Å². The number of carbonyl (C=O) groups excluding carboxylic acids is 2. The maximum absolute atomic E-state index is 13.1. The summed E-state index contributed by atoms with van der Waals surface area (Å²) in [5.74, 6) is -1.27. The lowest BCUT2D eigenvalue weighted by atomic mass is 9.96. The van der Waals surface area contributed by atoms with E-state index in [1.165, 1.54) is 12.0 Å². The zero-order chi connectivity index (χ0) is 20.4. The number of rotatable bonds is 4. The van der Waals surface area contributed by atoms with Gasteiger partial charge in [0.2, 0.25) is 0 Å². The van der Waals surface area contributed by atoms with Crippen LogP contribution in [0.4, 0.5) is 5.69 Å². The van der Waals surface area contributed by atoms with Gasteiger partial charge in [-0.25, -0.2) is 0 Å². The summed E-state index contributed by atoms with van der Waals surface area (Å²) in [6.07, 6.45) is 3.19. The highest BCUT2D eigenvalue weighted by Gasteiger charge is 2.47. The molecule has 6 heteroatoms. The van der Waals surface area contributed by atoms with E-state index >= 15 is 0 Å². The maximum Gasteiger partial charge on any atom is 0.300 e. The summed E-state index contributed by atoms with van der Waals surface area (Å²) >= 11 is 0. The van der Waals surface area contributed by atoms with E-state index in [4.69, 9.17) is 4.74 Å². The van der Waals surface area contributed by atoms with Crippen molar-refractivity contribution in [2.24, 2.45) is 0 Å². The van der Waals surface area contributed by atoms with Crippen LogP contribution in [0.25, 0.3) is 5.76 Å². The van der Waals surface area contributed by atoms with Crippen LogP contribution in [0.15, 0.2) is 84.7 Å². The van der Waals surface area contributed by atoms with Gasteiger partial charge in [0.05, 0.1) is 24.4 Å². The molecule has 0 spiro atoms. The summed E-state index contributed by atoms with van der Waals surface area (Å²) in [7, 11) is 1.50. The van der Waals surface area contributed by atoms with Crippen LogP contribution in [-0.4, -0.2) is 28.9 Å². The van der Waals surface area contributed by atoms with Crippen LogP contribution in [0.1, 0.15) is 17.2 Å². The first-order chi connectivity index (χ1) is 14.1. The van der Waals surface area contributed by atoms with Gasteiger partial charge in [-0.05, 0) is 23.8 Å². The Kier molecular flexibility index (Phi) is 4.83. The smallest absolute Gasteiger partial charge is 0.300 e. The number of benzene rings is 2. The highest BCUT2D eigenvalue weighted by Crippen LogP contribution is 2.44. The van der Waals surface area contributed by atoms with Crippen LogP contribution in [0.5, 0.6) is 5.75 Å². The molecule has 2 aromatic carbocycles. The highest BCUT2D eigenvalue weighted by molar-refractivity contribution is 6.51. The van der Waals surface area contributed by atoms with Crippen LogP contribution in [-0.2, 0) is 9.59 Å². The number of amides is 1. The topological polar surface area (TPSA) is 79.7 Å². The summed E-state index contributed by atoms with van der Waals surface area (Å²) in [5.41, 5.74) is 1.52. The molecule has 2 heterocycles. The normalized spacial score (nSPS) is 18.1. The molecular weight excluding hydrogens is 368 g/mol. The number of aromatic nitrogens is 1. The van der Waals surface area contributed by atoms with Crippen molar-refractivity contribution in [1.82, 2.24) is 4.98 Å². The molecule has 6 nitrogen and oxygen atoms in total. The second-order valence-electron chi connectivity index (χ2n) is 6.49. The van der Waals surface area contributed by atoms with Gasteiger partial charge in [-0.2, -0.15) is 0 Å². The van der Waals surface area contributed by atoms with E-state index in [0.29, 0.717) is 22.6 Å². The molecule has 1 unspecified atom stereocenters. The zero-order valence-electron chi connectivity index (χ0n) is 15.6. The van der Waals surface area contributed by atoms with E-state index in [1.54, 1.807) is 73.1 Å². The van der Waals surface area contributed by atoms with Crippen LogP contribution < -0.4 is 9.64 Å². The number of aliphatic hydroxyl groups is 1. The molecule has 1 amide bonds. The van der Waals surface area contributed by atoms with Crippen molar-refractivity contribution in [2.45, 2.75) is 6.04 Å². The van der Waals surface area contributed by atoms with Gasteiger partial charge in [-0.1, -0.05) is 48.5 Å². The van der Waals surface area contributed by atoms with Crippen molar-refractivity contribution in [1.29, 1.82) is 0 Å². The first kappa shape index (κ1) is 18.4. The van der Waals surface area contributed by atoms with Gasteiger partial charge >= 0.3 is 0 Å². The zero-order valence-corrected chi connectivity index (χ0v) is 15.6. The third kappa shape index (κ3) is 3.14. The quantitative estimate of drug-likeness (QED) is 0.420. The summed E-state index contributed by atoms with van der Waals surface area (Å²) < 4.78 is 5.41. The van der Waals surface area contributed by atoms with Crippen molar-refractivity contribution < 1.29 is 19.4 Å². The Labute approximate surface area is 167 Å². The summed E-state index contributed by atoms with van der Waals surface area (Å²) in [5, 5.41) is 11.0. The molecule has 4 rings (SSSR count). The number of aliphatic hydroxyl groups excluding tert-OH is 1. The van der Waals surface area contributed by atoms with Crippen molar-refractivity contribution in [3.63, 3.8) is 0 Å². The molecule has 29 heavy (non-hydrogen) atoms. The number of nitrogens with zero attached hydrogens (tertiary/aromatic N) is 2. The number of methoxy groups -OCH3 is 1. The summed E-state index contributed by atoms with van der Waals surface area (Å²) in [6, 6.07) is 18.3. The molecule has 1 N–H and O–H groups in total. The van der Waals surface area contributed by atoms with Gasteiger partial charge < -0.3 is 9.84 Å². The second kappa shape index (κ2) is 7.59. The Hall–Kier alpha value is -3.93. The summed E-state index contributed by atoms with van der Waals surface area (Å²) in [6.45, 7) is 0. The molecule has 1 atom stereocenters. The summed E-state index contributed by atoms with van der Waals surface area (Å²) in [4.78, 5) is 31.6. The van der Waals surface area contributed by atoms with Gasteiger partial charge in [0.15, 0.2) is 0 Å². The molecule has 1 aliphatic rings. The van der Waals surface area contributed by atoms with E-state index in [1.807, 2.05) is 6.07 Å². The Morgan fingerprint density at radius 1 is 1.00 bits per heavy atom. The van der Waals surface area contributed by atoms with Crippen molar-refractivity contribution >= 4 is 23.1 Å². The Morgan fingerprint density at radius 2 is 1.72 bits per heavy atom. The molecule has 144 valence electrons. The number of carbonyl (C=O) groups is 2. The largest absolute Gasteiger partial charge is 0.507 e. The number of anilines is 1. The minimum absolute atomic E-state index is 0.0140. The third-order valence-corrected chi connectivity index (χ3v) is 4.84. The fourth-order valence-corrected chi connectivity index (χ4v) is 3.51. The van der Waals surface area contributed by atoms with Crippen molar-refractivity contribution in [2.75, 3.05) is 12.0 Å². The Morgan fingerprint density at radius 3 is 2.41 bits per heavy atom. The number of pyridine rings is 1. The van der Waals surface area contributed by atoms with Gasteiger partial charge in [0.1, 0.15) is 11.5 Å². The maximum atomic E-state index is 13.1. The lowest BCUT2D eigenvalue weighted by molar-refractivity contribution is -0.132. The molecule has 3 aromatic rings. The SMILES string of the molecule is COc1ccccc1N1C(=O)C(=O)/C(=C(/O)c2ccccc2)C1c1cccnc1. The number of hydrogen-bond donors (Lipinski definition) is 1. The van der Waals surface area contributed by atoms with Crippen LogP contribution in [0.3, 0.4) is 0 Å². The number of Topliss-reactive ketones (excluding diaryl/α,β-unsaturated/α-hetero) is 1. The number of hydrogen-bond acceptors (Lipinski definition) is 5. The predicted octanol–water partition coefficient (Wildman–Crippen LogP) is 3.72. The fourth-order valence-electron chi connectivity index (χ4n) is 3.51. The van der Waals surface area contributed by atoms with Gasteiger partial charge in [-0.15, -0.1) is 0 Å². The first-order valence-corrected chi connectivity index (χ1v) is 9.03. The third-order valence-electron chi connectivity index (χ3n) is 4.84. The molecule has 0 saturated carbocycles. The number of para-hydroxylation sites is 2. The Bertz CT molecular complexity index is 1090. The van der Waals surface area contributed by atoms with Crippen LogP contribution >= 0.6 is 0 Å². The monoisotopic (exact) mass is 386 g/mol. The van der Waals surface area contributed by atoms with Crippen molar-refractivity contribution in [3.05, 3.63) is 95.8 Å². The Balaban J connectivity index is 1.97. The second-order valence-corrected chi connectivity index (χ2v) is 6.49. The number of ketones is 1. The minimum atomic E-state index is -0.833. The van der Waals surface area contributed by atoms with E-state index in [0.717, 1.165) is 0 Å². The highest BCUT2D eigenvalue weighted by atomic mass is 16.5. The molecule has 1 saturated heterocycles. The first-order valence-electron chi connectivity index (χ1n) is 9.03. The molecular formula is C23H18N2O4. The van der Waals surface area contributed by atoms with Gasteiger partial charge in [0.25, 0.3) is 11.7 Å². The molecule has 1 aliphatic heterocycles. The lowest BCUT2D eigenvalue weighted by Crippen LogP contribution is -2.29. The van der Waals surface area contributed by atoms with Gasteiger partial charge in [0, 0.05) is 18.0 Å². The van der Waals surface area contributed by atoms with E-state index in [9.17, 15) is 14.7 Å². The van der Waals surface area contributed by atoms with E-state index < -0.39 is 17.7 Å².